The van der Waals surface area contributed by atoms with E-state index in [1.165, 1.54) is 24.4 Å². The van der Waals surface area contributed by atoms with Crippen LogP contribution in [0.4, 0.5) is 35.1 Å². The average Bonchev–Trinajstić information content (AvgIpc) is 3.36. The van der Waals surface area contributed by atoms with Gasteiger partial charge < -0.3 is 11.1 Å². The fourth-order valence-corrected chi connectivity index (χ4v) is 5.41. The summed E-state index contributed by atoms with van der Waals surface area (Å²) in [4.78, 5) is 29.4. The quantitative estimate of drug-likeness (QED) is 0.208. The van der Waals surface area contributed by atoms with Crippen LogP contribution in [0.2, 0.25) is 0 Å². The first-order valence-electron chi connectivity index (χ1n) is 13.4. The van der Waals surface area contributed by atoms with Gasteiger partial charge in [0.05, 0.1) is 17.3 Å². The number of hydrogen-bond donors (Lipinski definition) is 2. The summed E-state index contributed by atoms with van der Waals surface area (Å²) >= 11 is 0. The molecule has 15 heteroatoms. The maximum absolute atomic E-state index is 14.9. The Labute approximate surface area is 250 Å². The van der Waals surface area contributed by atoms with E-state index in [9.17, 15) is 44.7 Å². The Kier molecular flexibility index (Phi) is 8.63. The Morgan fingerprint density at radius 1 is 1.04 bits per heavy atom. The van der Waals surface area contributed by atoms with Gasteiger partial charge in [0.1, 0.15) is 41.6 Å². The van der Waals surface area contributed by atoms with Crippen LogP contribution >= 0.6 is 0 Å². The van der Waals surface area contributed by atoms with Gasteiger partial charge in [-0.2, -0.15) is 13.9 Å². The molecule has 0 spiro atoms. The van der Waals surface area contributed by atoms with Gasteiger partial charge >= 0.3 is 0 Å². The number of alkyl halides is 5. The van der Waals surface area contributed by atoms with Gasteiger partial charge in [-0.05, 0) is 54.3 Å². The molecule has 2 aromatic heterocycles. The van der Waals surface area contributed by atoms with E-state index < -0.39 is 95.7 Å². The Hall–Kier alpha value is -4.82. The van der Waals surface area contributed by atoms with Crippen LogP contribution < -0.4 is 11.1 Å². The smallest absolute Gasteiger partial charge is 0.289 e. The van der Waals surface area contributed by atoms with E-state index in [2.05, 4.69) is 15.4 Å². The lowest BCUT2D eigenvalue weighted by Gasteiger charge is -2.26. The molecule has 45 heavy (non-hydrogen) atoms. The molecule has 0 fully saturated rings. The number of nitrogens with one attached hydrogen (secondary N) is 1. The minimum Gasteiger partial charge on any atom is -0.366 e. The van der Waals surface area contributed by atoms with Gasteiger partial charge in [-0.3, -0.25) is 19.3 Å². The standard InChI is InChI=1S/C30H23F8N5O2/c31-16-8-14(9-17(32)12-16)10-22(25-18(2-1-7-40-25)15-3-4-20(33)19(11-15)29(39)45)41-23(44)13-43-27-24(26(42-43)28(35)36)21(34)5-6-30(27,37)38/h1-4,7-9,11-12,21-22,28H,5-6,10,13H2,(H2,39,45)(H,41,44)/t21?,22-/m0/s1. The number of nitrogens with zero attached hydrogens (tertiary/aromatic N) is 3. The first-order valence-corrected chi connectivity index (χ1v) is 13.4. The second kappa shape index (κ2) is 12.3. The molecule has 2 heterocycles. The highest BCUT2D eigenvalue weighted by atomic mass is 19.3. The van der Waals surface area contributed by atoms with E-state index in [0.29, 0.717) is 10.7 Å². The Morgan fingerprint density at radius 2 is 1.76 bits per heavy atom. The molecule has 2 aromatic carbocycles. The monoisotopic (exact) mass is 637 g/mol. The SMILES string of the molecule is NC(=O)c1cc(-c2cccnc2[C@H](Cc2cc(F)cc(F)c2)NC(=O)Cn2nc(C(F)F)c3c2C(F)(F)CCC3F)ccc1F. The lowest BCUT2D eigenvalue weighted by Crippen LogP contribution is -2.35. The average molecular weight is 638 g/mol. The largest absolute Gasteiger partial charge is 0.366 e. The van der Waals surface area contributed by atoms with Crippen molar-refractivity contribution >= 4 is 11.8 Å². The van der Waals surface area contributed by atoms with E-state index in [1.54, 1.807) is 0 Å². The number of carbonyl (C=O) groups is 2. The molecule has 5 rings (SSSR count). The van der Waals surface area contributed by atoms with Gasteiger partial charge in [-0.1, -0.05) is 12.1 Å². The fourth-order valence-electron chi connectivity index (χ4n) is 5.41. The summed E-state index contributed by atoms with van der Waals surface area (Å²) in [6.45, 7) is -1.05. The van der Waals surface area contributed by atoms with Crippen molar-refractivity contribution in [3.8, 4) is 11.1 Å². The van der Waals surface area contributed by atoms with Crippen LogP contribution in [0, 0.1) is 17.5 Å². The zero-order chi connectivity index (χ0) is 32.6. The minimum absolute atomic E-state index is 0.0367. The second-order valence-corrected chi connectivity index (χ2v) is 10.4. The number of nitrogens with two attached hydrogens (primary N) is 1. The summed E-state index contributed by atoms with van der Waals surface area (Å²) in [5.41, 5.74) is 2.03. The zero-order valence-electron chi connectivity index (χ0n) is 23.0. The van der Waals surface area contributed by atoms with Crippen molar-refractivity contribution in [2.24, 2.45) is 5.73 Å². The molecule has 4 aromatic rings. The molecule has 3 N–H and O–H groups in total. The van der Waals surface area contributed by atoms with Crippen molar-refractivity contribution in [2.45, 2.75) is 50.4 Å². The molecule has 236 valence electrons. The van der Waals surface area contributed by atoms with Gasteiger partial charge in [0.2, 0.25) is 5.91 Å². The third kappa shape index (κ3) is 6.51. The van der Waals surface area contributed by atoms with Gasteiger partial charge in [-0.25, -0.2) is 26.3 Å². The number of halogens is 8. The Morgan fingerprint density at radius 3 is 2.42 bits per heavy atom. The molecule has 0 bridgehead atoms. The number of pyridine rings is 1. The summed E-state index contributed by atoms with van der Waals surface area (Å²) < 4.78 is 114. The van der Waals surface area contributed by atoms with Crippen LogP contribution in [0.25, 0.3) is 11.1 Å². The number of fused-ring (bicyclic) bond motifs is 1. The first-order chi connectivity index (χ1) is 21.2. The van der Waals surface area contributed by atoms with Crippen LogP contribution in [0.5, 0.6) is 0 Å². The molecule has 7 nitrogen and oxygen atoms in total. The van der Waals surface area contributed by atoms with E-state index in [1.807, 2.05) is 0 Å². The summed E-state index contributed by atoms with van der Waals surface area (Å²) in [6.07, 6.45) is -6.27. The predicted octanol–water partition coefficient (Wildman–Crippen LogP) is 6.40. The van der Waals surface area contributed by atoms with E-state index in [4.69, 9.17) is 5.73 Å². The number of primary amides is 1. The maximum atomic E-state index is 14.9. The van der Waals surface area contributed by atoms with Crippen LogP contribution in [-0.2, 0) is 23.7 Å². The molecule has 0 radical (unpaired) electrons. The molecular formula is C30H23F8N5O2. The third-order valence-electron chi connectivity index (χ3n) is 7.30. The number of benzene rings is 2. The maximum Gasteiger partial charge on any atom is 0.289 e. The molecule has 2 atom stereocenters. The van der Waals surface area contributed by atoms with Gasteiger partial charge in [0.25, 0.3) is 18.3 Å². The van der Waals surface area contributed by atoms with Crippen molar-refractivity contribution in [1.29, 1.82) is 0 Å². The molecule has 0 saturated carbocycles. The minimum atomic E-state index is -3.76. The van der Waals surface area contributed by atoms with Crippen molar-refractivity contribution in [1.82, 2.24) is 20.1 Å². The topological polar surface area (TPSA) is 103 Å². The van der Waals surface area contributed by atoms with Crippen LogP contribution in [0.3, 0.4) is 0 Å². The van der Waals surface area contributed by atoms with Crippen LogP contribution in [0.1, 0.15) is 70.0 Å². The normalized spacial score (nSPS) is 16.3. The number of aromatic nitrogens is 3. The fraction of sp³-hybridized carbons (Fsp3) is 0.267. The van der Waals surface area contributed by atoms with Gasteiger partial charge in [-0.15, -0.1) is 0 Å². The number of rotatable bonds is 9. The highest BCUT2D eigenvalue weighted by Crippen LogP contribution is 2.48. The number of amides is 2. The third-order valence-corrected chi connectivity index (χ3v) is 7.30. The molecule has 2 amide bonds. The van der Waals surface area contributed by atoms with Gasteiger partial charge in [0, 0.05) is 29.8 Å². The molecule has 1 aliphatic carbocycles. The summed E-state index contributed by atoms with van der Waals surface area (Å²) in [5, 5.41) is 5.97. The lowest BCUT2D eigenvalue weighted by atomic mass is 9.91. The predicted molar refractivity (Wildman–Crippen MR) is 143 cm³/mol. The van der Waals surface area contributed by atoms with Crippen molar-refractivity contribution in [2.75, 3.05) is 0 Å². The molecule has 1 unspecified atom stereocenters. The van der Waals surface area contributed by atoms with Crippen molar-refractivity contribution < 1.29 is 44.7 Å². The number of hydrogen-bond acceptors (Lipinski definition) is 4. The molecule has 0 aliphatic heterocycles. The number of carbonyl (C=O) groups excluding carboxylic acids is 2. The summed E-state index contributed by atoms with van der Waals surface area (Å²) in [7, 11) is 0. The second-order valence-electron chi connectivity index (χ2n) is 10.4. The van der Waals surface area contributed by atoms with Crippen LogP contribution in [-0.4, -0.2) is 26.6 Å². The van der Waals surface area contributed by atoms with E-state index in [-0.39, 0.29) is 28.8 Å². The first kappa shape index (κ1) is 31.6. The van der Waals surface area contributed by atoms with Crippen LogP contribution in [0.15, 0.2) is 54.7 Å². The Bertz CT molecular complexity index is 1760. The Balaban J connectivity index is 1.55. The summed E-state index contributed by atoms with van der Waals surface area (Å²) in [6, 6.07) is 7.69. The van der Waals surface area contributed by atoms with Gasteiger partial charge in [0.15, 0.2) is 0 Å². The molecular weight excluding hydrogens is 614 g/mol. The lowest BCUT2D eigenvalue weighted by molar-refractivity contribution is -0.123. The summed E-state index contributed by atoms with van der Waals surface area (Å²) in [5.74, 6) is -8.68. The van der Waals surface area contributed by atoms with Crippen molar-refractivity contribution in [3.63, 3.8) is 0 Å². The molecule has 0 saturated heterocycles. The van der Waals surface area contributed by atoms with E-state index in [0.717, 1.165) is 24.3 Å². The zero-order valence-corrected chi connectivity index (χ0v) is 23.0. The highest BCUT2D eigenvalue weighted by Gasteiger charge is 2.47. The van der Waals surface area contributed by atoms with Crippen molar-refractivity contribution in [3.05, 3.63) is 106 Å². The molecule has 1 aliphatic rings. The van der Waals surface area contributed by atoms with E-state index >= 15 is 0 Å². The highest BCUT2D eigenvalue weighted by molar-refractivity contribution is 5.94.